The van der Waals surface area contributed by atoms with E-state index in [1.165, 1.54) is 23.3 Å². The minimum atomic E-state index is -4.68. The Balaban J connectivity index is 0.00000225. The summed E-state index contributed by atoms with van der Waals surface area (Å²) >= 11 is 0. The summed E-state index contributed by atoms with van der Waals surface area (Å²) in [5.41, 5.74) is -1.49. The molecule has 25 heavy (non-hydrogen) atoms. The molecule has 0 saturated carbocycles. The van der Waals surface area contributed by atoms with Gasteiger partial charge >= 0.3 is 6.18 Å². The number of rotatable bonds is 3. The van der Waals surface area contributed by atoms with Crippen LogP contribution >= 0.6 is 12.4 Å². The number of amides is 1. The van der Waals surface area contributed by atoms with Crippen molar-refractivity contribution in [2.75, 3.05) is 13.1 Å². The Morgan fingerprint density at radius 1 is 1.28 bits per heavy atom. The molecule has 0 aromatic carbocycles. The highest BCUT2D eigenvalue weighted by molar-refractivity contribution is 5.92. The Morgan fingerprint density at radius 3 is 2.60 bits per heavy atom. The van der Waals surface area contributed by atoms with Crippen molar-refractivity contribution < 1.29 is 18.0 Å². The van der Waals surface area contributed by atoms with Crippen molar-refractivity contribution in [3.8, 4) is 5.95 Å². The number of nitrogens with zero attached hydrogens (tertiary/aromatic N) is 4. The normalized spacial score (nSPS) is 15.5. The van der Waals surface area contributed by atoms with E-state index in [0.717, 1.165) is 25.9 Å². The standard InChI is InChI=1S/C14H15F3N6O.ClH/c15-14(16,17)11-7-10(12(24)20-9-1-3-18-4-2-9)21-13(22-11)23-6-5-19-8-23;/h5-9,18H,1-4H2,(H,20,24);1H. The Labute approximate surface area is 147 Å². The van der Waals surface area contributed by atoms with Crippen LogP contribution in [0.1, 0.15) is 29.0 Å². The van der Waals surface area contributed by atoms with Crippen LogP contribution in [-0.4, -0.2) is 44.6 Å². The Hall–Kier alpha value is -2.20. The molecule has 0 spiro atoms. The molecule has 0 unspecified atom stereocenters. The van der Waals surface area contributed by atoms with Crippen LogP contribution in [0.3, 0.4) is 0 Å². The maximum absolute atomic E-state index is 13.1. The minimum absolute atomic E-state index is 0. The van der Waals surface area contributed by atoms with Crippen LogP contribution in [0.2, 0.25) is 0 Å². The van der Waals surface area contributed by atoms with Gasteiger partial charge in [0, 0.05) is 24.5 Å². The maximum atomic E-state index is 13.1. The summed E-state index contributed by atoms with van der Waals surface area (Å²) < 4.78 is 40.4. The third-order valence-corrected chi connectivity index (χ3v) is 3.65. The smallest absolute Gasteiger partial charge is 0.348 e. The number of hydrogen-bond acceptors (Lipinski definition) is 5. The number of nitrogens with one attached hydrogen (secondary N) is 2. The number of carbonyl (C=O) groups is 1. The molecule has 0 aliphatic carbocycles. The third-order valence-electron chi connectivity index (χ3n) is 3.65. The van der Waals surface area contributed by atoms with Gasteiger partial charge in [0.05, 0.1) is 0 Å². The fourth-order valence-corrected chi connectivity index (χ4v) is 2.41. The van der Waals surface area contributed by atoms with Crippen LogP contribution in [0.25, 0.3) is 5.95 Å². The molecule has 2 N–H and O–H groups in total. The third kappa shape index (κ3) is 4.67. The minimum Gasteiger partial charge on any atom is -0.348 e. The van der Waals surface area contributed by atoms with Crippen LogP contribution in [0.15, 0.2) is 24.8 Å². The number of aromatic nitrogens is 4. The zero-order valence-electron chi connectivity index (χ0n) is 13.0. The highest BCUT2D eigenvalue weighted by Gasteiger charge is 2.34. The van der Waals surface area contributed by atoms with Gasteiger partial charge in [-0.15, -0.1) is 12.4 Å². The molecule has 0 bridgehead atoms. The highest BCUT2D eigenvalue weighted by atomic mass is 35.5. The van der Waals surface area contributed by atoms with Gasteiger partial charge in [-0.3, -0.25) is 9.36 Å². The van der Waals surface area contributed by atoms with Gasteiger partial charge in [0.1, 0.15) is 12.0 Å². The van der Waals surface area contributed by atoms with Gasteiger partial charge in [0.15, 0.2) is 5.69 Å². The van der Waals surface area contributed by atoms with Crippen LogP contribution in [0, 0.1) is 0 Å². The second kappa shape index (κ2) is 7.79. The van der Waals surface area contributed by atoms with Gasteiger partial charge in [0.2, 0.25) is 5.95 Å². The van der Waals surface area contributed by atoms with Gasteiger partial charge in [-0.25, -0.2) is 15.0 Å². The highest BCUT2D eigenvalue weighted by Crippen LogP contribution is 2.28. The first kappa shape index (κ1) is 19.1. The molecular weight excluding hydrogens is 361 g/mol. The number of halogens is 4. The fourth-order valence-electron chi connectivity index (χ4n) is 2.41. The number of piperidine rings is 1. The topological polar surface area (TPSA) is 84.7 Å². The molecule has 1 aliphatic heterocycles. The van der Waals surface area contributed by atoms with Gasteiger partial charge in [0.25, 0.3) is 5.91 Å². The number of carbonyl (C=O) groups excluding carboxylic acids is 1. The van der Waals surface area contributed by atoms with Crippen molar-refractivity contribution in [3.63, 3.8) is 0 Å². The fraction of sp³-hybridized carbons (Fsp3) is 0.429. The summed E-state index contributed by atoms with van der Waals surface area (Å²) in [7, 11) is 0. The first-order chi connectivity index (χ1) is 11.4. The summed E-state index contributed by atoms with van der Waals surface area (Å²) in [6, 6.07) is 0.580. The molecule has 0 radical (unpaired) electrons. The van der Waals surface area contributed by atoms with E-state index in [9.17, 15) is 18.0 Å². The van der Waals surface area contributed by atoms with Crippen molar-refractivity contribution in [2.45, 2.75) is 25.1 Å². The SMILES string of the molecule is Cl.O=C(NC1CCNCC1)c1cc(C(F)(F)F)nc(-n2ccnc2)n1. The van der Waals surface area contributed by atoms with Gasteiger partial charge in [-0.1, -0.05) is 0 Å². The lowest BCUT2D eigenvalue weighted by Gasteiger charge is -2.23. The van der Waals surface area contributed by atoms with Crippen molar-refractivity contribution in [1.82, 2.24) is 30.2 Å². The zero-order chi connectivity index (χ0) is 17.2. The summed E-state index contributed by atoms with van der Waals surface area (Å²) in [5.74, 6) is -0.894. The first-order valence-corrected chi connectivity index (χ1v) is 7.39. The quantitative estimate of drug-likeness (QED) is 0.849. The van der Waals surface area contributed by atoms with E-state index in [0.29, 0.717) is 6.07 Å². The molecular formula is C14H16ClF3N6O. The summed E-state index contributed by atoms with van der Waals surface area (Å²) in [6.07, 6.45) is 0.822. The van der Waals surface area contributed by atoms with Crippen LogP contribution in [0.5, 0.6) is 0 Å². The molecule has 2 aromatic heterocycles. The Morgan fingerprint density at radius 2 is 2.00 bits per heavy atom. The largest absolute Gasteiger partial charge is 0.433 e. The number of hydrogen-bond donors (Lipinski definition) is 2. The molecule has 1 aliphatic rings. The van der Waals surface area contributed by atoms with Gasteiger partial charge < -0.3 is 10.6 Å². The van der Waals surface area contributed by atoms with Crippen LogP contribution < -0.4 is 10.6 Å². The van der Waals surface area contributed by atoms with E-state index in [4.69, 9.17) is 0 Å². The van der Waals surface area contributed by atoms with Crippen molar-refractivity contribution in [1.29, 1.82) is 0 Å². The van der Waals surface area contributed by atoms with E-state index in [1.807, 2.05) is 0 Å². The van der Waals surface area contributed by atoms with Crippen molar-refractivity contribution in [3.05, 3.63) is 36.2 Å². The molecule has 3 heterocycles. The van der Waals surface area contributed by atoms with Crippen LogP contribution in [-0.2, 0) is 6.18 Å². The van der Waals surface area contributed by atoms with E-state index < -0.39 is 17.8 Å². The van der Waals surface area contributed by atoms with E-state index in [-0.39, 0.29) is 30.1 Å². The lowest BCUT2D eigenvalue weighted by molar-refractivity contribution is -0.141. The molecule has 1 saturated heterocycles. The monoisotopic (exact) mass is 376 g/mol. The van der Waals surface area contributed by atoms with E-state index in [1.54, 1.807) is 0 Å². The molecule has 3 rings (SSSR count). The Kier molecular flexibility index (Phi) is 5.96. The summed E-state index contributed by atoms with van der Waals surface area (Å²) in [4.78, 5) is 23.5. The number of alkyl halides is 3. The molecule has 1 amide bonds. The maximum Gasteiger partial charge on any atom is 0.433 e. The zero-order valence-corrected chi connectivity index (χ0v) is 13.8. The Bertz CT molecular complexity index is 716. The summed E-state index contributed by atoms with van der Waals surface area (Å²) in [6.45, 7) is 1.51. The predicted molar refractivity (Wildman–Crippen MR) is 84.8 cm³/mol. The number of imidazole rings is 1. The molecule has 136 valence electrons. The first-order valence-electron chi connectivity index (χ1n) is 7.39. The van der Waals surface area contributed by atoms with Crippen molar-refractivity contribution >= 4 is 18.3 Å². The molecule has 7 nitrogen and oxygen atoms in total. The van der Waals surface area contributed by atoms with Crippen LogP contribution in [0.4, 0.5) is 13.2 Å². The van der Waals surface area contributed by atoms with E-state index >= 15 is 0 Å². The van der Waals surface area contributed by atoms with E-state index in [2.05, 4.69) is 25.6 Å². The molecule has 11 heteroatoms. The molecule has 2 aromatic rings. The molecule has 1 fully saturated rings. The predicted octanol–water partition coefficient (Wildman–Crippen LogP) is 1.58. The van der Waals surface area contributed by atoms with Gasteiger partial charge in [-0.05, 0) is 25.9 Å². The average molecular weight is 377 g/mol. The second-order valence-electron chi connectivity index (χ2n) is 5.40. The lowest BCUT2D eigenvalue weighted by atomic mass is 10.1. The van der Waals surface area contributed by atoms with Crippen molar-refractivity contribution in [2.24, 2.45) is 0 Å². The van der Waals surface area contributed by atoms with Gasteiger partial charge in [-0.2, -0.15) is 13.2 Å². The lowest BCUT2D eigenvalue weighted by Crippen LogP contribution is -2.43. The average Bonchev–Trinajstić information content (AvgIpc) is 3.09. The summed E-state index contributed by atoms with van der Waals surface area (Å²) in [5, 5.41) is 5.87. The molecule has 0 atom stereocenters. The second-order valence-corrected chi connectivity index (χ2v) is 5.40.